The molecule has 0 aliphatic carbocycles. The number of aryl methyl sites for hydroxylation is 1. The SMILES string of the molecule is CCOc1c(I)cc(/C=C(\C#N)C(=O)Nc2cc([N+](=O)[O-])ccc2C)cc1I. The average molecular weight is 603 g/mol. The first-order valence-electron chi connectivity index (χ1n) is 8.06. The second-order valence-electron chi connectivity index (χ2n) is 5.63. The lowest BCUT2D eigenvalue weighted by Gasteiger charge is -2.10. The van der Waals surface area contributed by atoms with Crippen LogP contribution in [0.4, 0.5) is 11.4 Å². The molecule has 0 fully saturated rings. The first-order chi connectivity index (χ1) is 13.3. The Labute approximate surface area is 189 Å². The van der Waals surface area contributed by atoms with E-state index < -0.39 is 10.8 Å². The molecule has 0 unspecified atom stereocenters. The molecule has 0 aromatic heterocycles. The standard InChI is InChI=1S/C19H15I2N3O4/c1-3-28-18-15(20)7-12(8-16(18)21)6-13(10-22)19(25)23-17-9-14(24(26)27)5-4-11(17)2/h4-9H,3H2,1-2H3,(H,23,25)/b13-6+. The van der Waals surface area contributed by atoms with Crippen LogP contribution in [0.2, 0.25) is 0 Å². The number of nitrogens with one attached hydrogen (secondary N) is 1. The summed E-state index contributed by atoms with van der Waals surface area (Å²) in [7, 11) is 0. The Morgan fingerprint density at radius 1 is 1.32 bits per heavy atom. The van der Waals surface area contributed by atoms with E-state index in [2.05, 4.69) is 50.5 Å². The van der Waals surface area contributed by atoms with Gasteiger partial charge in [0.05, 0.1) is 24.4 Å². The van der Waals surface area contributed by atoms with Gasteiger partial charge in [-0.1, -0.05) is 6.07 Å². The van der Waals surface area contributed by atoms with E-state index >= 15 is 0 Å². The van der Waals surface area contributed by atoms with E-state index in [1.54, 1.807) is 13.0 Å². The number of hydrogen-bond donors (Lipinski definition) is 1. The van der Waals surface area contributed by atoms with Crippen LogP contribution >= 0.6 is 45.2 Å². The Morgan fingerprint density at radius 3 is 2.50 bits per heavy atom. The molecule has 2 rings (SSSR count). The van der Waals surface area contributed by atoms with Gasteiger partial charge in [-0.15, -0.1) is 0 Å². The summed E-state index contributed by atoms with van der Waals surface area (Å²) in [6, 6.07) is 9.69. The van der Waals surface area contributed by atoms with Gasteiger partial charge < -0.3 is 10.1 Å². The first kappa shape index (κ1) is 22.1. The highest BCUT2D eigenvalue weighted by atomic mass is 127. The summed E-state index contributed by atoms with van der Waals surface area (Å²) in [5.74, 6) is 0.126. The number of anilines is 1. The summed E-state index contributed by atoms with van der Waals surface area (Å²) in [6.07, 6.45) is 1.47. The van der Waals surface area contributed by atoms with Gasteiger partial charge in [0, 0.05) is 12.1 Å². The maximum absolute atomic E-state index is 12.5. The fourth-order valence-electron chi connectivity index (χ4n) is 2.31. The highest BCUT2D eigenvalue weighted by molar-refractivity contribution is 14.1. The van der Waals surface area contributed by atoms with Gasteiger partial charge in [-0.05, 0) is 88.4 Å². The molecule has 0 spiro atoms. The molecule has 0 radical (unpaired) electrons. The molecule has 0 aliphatic rings. The van der Waals surface area contributed by atoms with E-state index in [-0.39, 0.29) is 16.9 Å². The molecule has 7 nitrogen and oxygen atoms in total. The van der Waals surface area contributed by atoms with Crippen LogP contribution in [0.5, 0.6) is 5.75 Å². The summed E-state index contributed by atoms with van der Waals surface area (Å²) in [5.41, 5.74) is 1.37. The van der Waals surface area contributed by atoms with Crippen molar-refractivity contribution < 1.29 is 14.5 Å². The Balaban J connectivity index is 2.33. The van der Waals surface area contributed by atoms with E-state index in [1.165, 1.54) is 18.2 Å². The van der Waals surface area contributed by atoms with Crippen LogP contribution in [0.25, 0.3) is 6.08 Å². The second-order valence-corrected chi connectivity index (χ2v) is 7.95. The molecule has 0 aliphatic heterocycles. The molecule has 0 heterocycles. The Morgan fingerprint density at radius 2 is 1.96 bits per heavy atom. The number of nitro groups is 1. The minimum atomic E-state index is -0.634. The van der Waals surface area contributed by atoms with Gasteiger partial charge in [0.15, 0.2) is 0 Å². The van der Waals surface area contributed by atoms with Crippen LogP contribution in [-0.2, 0) is 4.79 Å². The first-order valence-corrected chi connectivity index (χ1v) is 10.2. The number of halogens is 2. The van der Waals surface area contributed by atoms with Crippen LogP contribution in [0.3, 0.4) is 0 Å². The van der Waals surface area contributed by atoms with Crippen molar-refractivity contribution in [2.24, 2.45) is 0 Å². The Hall–Kier alpha value is -2.20. The predicted octanol–water partition coefficient (Wildman–Crippen LogP) is 5.06. The highest BCUT2D eigenvalue weighted by Crippen LogP contribution is 2.30. The number of ether oxygens (including phenoxy) is 1. The van der Waals surface area contributed by atoms with Crippen molar-refractivity contribution in [2.45, 2.75) is 13.8 Å². The average Bonchev–Trinajstić information content (AvgIpc) is 2.64. The maximum Gasteiger partial charge on any atom is 0.271 e. The monoisotopic (exact) mass is 603 g/mol. The predicted molar refractivity (Wildman–Crippen MR) is 123 cm³/mol. The van der Waals surface area contributed by atoms with Gasteiger partial charge in [0.2, 0.25) is 0 Å². The summed E-state index contributed by atoms with van der Waals surface area (Å²) in [4.78, 5) is 22.9. The van der Waals surface area contributed by atoms with Crippen LogP contribution in [-0.4, -0.2) is 17.4 Å². The number of non-ortho nitro benzene ring substituents is 1. The van der Waals surface area contributed by atoms with Gasteiger partial charge in [-0.3, -0.25) is 14.9 Å². The van der Waals surface area contributed by atoms with Gasteiger partial charge in [-0.2, -0.15) is 5.26 Å². The number of nitro benzene ring substituents is 1. The molecule has 9 heteroatoms. The molecule has 1 amide bonds. The largest absolute Gasteiger partial charge is 0.492 e. The quantitative estimate of drug-likeness (QED) is 0.164. The molecule has 28 heavy (non-hydrogen) atoms. The van der Waals surface area contributed by atoms with E-state index in [0.717, 1.165) is 12.9 Å². The minimum Gasteiger partial charge on any atom is -0.492 e. The Bertz CT molecular complexity index is 990. The van der Waals surface area contributed by atoms with E-state index in [1.807, 2.05) is 25.1 Å². The van der Waals surface area contributed by atoms with Gasteiger partial charge in [0.25, 0.3) is 11.6 Å². The molecule has 1 N–H and O–H groups in total. The maximum atomic E-state index is 12.5. The lowest BCUT2D eigenvalue weighted by atomic mass is 10.1. The number of benzene rings is 2. The number of rotatable bonds is 6. The zero-order valence-electron chi connectivity index (χ0n) is 15.0. The normalized spacial score (nSPS) is 10.9. The number of nitrogens with zero attached hydrogens (tertiary/aromatic N) is 2. The van der Waals surface area contributed by atoms with E-state index in [4.69, 9.17) is 4.74 Å². The molecule has 0 saturated carbocycles. The van der Waals surface area contributed by atoms with E-state index in [9.17, 15) is 20.2 Å². The van der Waals surface area contributed by atoms with Crippen molar-refractivity contribution in [2.75, 3.05) is 11.9 Å². The molecule has 2 aromatic carbocycles. The van der Waals surface area contributed by atoms with Crippen LogP contribution in [0, 0.1) is 35.5 Å². The summed E-state index contributed by atoms with van der Waals surface area (Å²) >= 11 is 4.27. The smallest absolute Gasteiger partial charge is 0.271 e. The molecule has 2 aromatic rings. The second kappa shape index (κ2) is 9.83. The zero-order valence-corrected chi connectivity index (χ0v) is 19.3. The van der Waals surface area contributed by atoms with Crippen LogP contribution in [0.1, 0.15) is 18.1 Å². The van der Waals surface area contributed by atoms with Crippen LogP contribution in [0.15, 0.2) is 35.9 Å². The van der Waals surface area contributed by atoms with Crippen LogP contribution < -0.4 is 10.1 Å². The van der Waals surface area contributed by atoms with Crippen molar-refractivity contribution in [3.8, 4) is 11.8 Å². The number of carbonyl (C=O) groups is 1. The molecule has 0 bridgehead atoms. The lowest BCUT2D eigenvalue weighted by Crippen LogP contribution is -2.14. The highest BCUT2D eigenvalue weighted by Gasteiger charge is 2.15. The Kier molecular flexibility index (Phi) is 7.76. The van der Waals surface area contributed by atoms with Gasteiger partial charge >= 0.3 is 0 Å². The van der Waals surface area contributed by atoms with Crippen molar-refractivity contribution in [1.82, 2.24) is 0 Å². The van der Waals surface area contributed by atoms with E-state index in [0.29, 0.717) is 17.7 Å². The third kappa shape index (κ3) is 5.41. The fourth-order valence-corrected chi connectivity index (χ4v) is 4.44. The number of nitriles is 1. The zero-order chi connectivity index (χ0) is 20.8. The number of hydrogen-bond acceptors (Lipinski definition) is 5. The summed E-state index contributed by atoms with van der Waals surface area (Å²) in [5, 5.41) is 22.9. The minimum absolute atomic E-state index is 0.110. The molecular weight excluding hydrogens is 588 g/mol. The fraction of sp³-hybridized carbons (Fsp3) is 0.158. The number of carbonyl (C=O) groups excluding carboxylic acids is 1. The third-order valence-corrected chi connectivity index (χ3v) is 5.27. The van der Waals surface area contributed by atoms with Gasteiger partial charge in [0.1, 0.15) is 17.4 Å². The molecule has 0 atom stereocenters. The summed E-state index contributed by atoms with van der Waals surface area (Å²) in [6.45, 7) is 4.15. The van der Waals surface area contributed by atoms with Crippen molar-refractivity contribution in [3.05, 3.63) is 64.3 Å². The molecular formula is C19H15I2N3O4. The van der Waals surface area contributed by atoms with Crippen molar-refractivity contribution in [3.63, 3.8) is 0 Å². The summed E-state index contributed by atoms with van der Waals surface area (Å²) < 4.78 is 7.32. The molecule has 0 saturated heterocycles. The lowest BCUT2D eigenvalue weighted by molar-refractivity contribution is -0.384. The van der Waals surface area contributed by atoms with Crippen molar-refractivity contribution in [1.29, 1.82) is 5.26 Å². The number of amides is 1. The topological polar surface area (TPSA) is 105 Å². The van der Waals surface area contributed by atoms with Crippen molar-refractivity contribution >= 4 is 68.5 Å². The molecule has 144 valence electrons. The third-order valence-electron chi connectivity index (χ3n) is 3.67. The van der Waals surface area contributed by atoms with Gasteiger partial charge in [-0.25, -0.2) is 0 Å².